The molecule has 0 saturated carbocycles. The van der Waals surface area contributed by atoms with Gasteiger partial charge in [-0.3, -0.25) is 0 Å². The number of nitrogens with two attached hydrogens (primary N) is 1. The number of nitrogens with one attached hydrogen (secondary N) is 1. The van der Waals surface area contributed by atoms with Gasteiger partial charge in [-0.25, -0.2) is 0 Å². The average molecular weight is 278 g/mol. The summed E-state index contributed by atoms with van der Waals surface area (Å²) in [5.74, 6) is 0.538. The van der Waals surface area contributed by atoms with Crippen molar-refractivity contribution in [1.29, 1.82) is 0 Å². The molecule has 0 aliphatic carbocycles. The molecule has 0 unspecified atom stereocenters. The molecule has 0 saturated heterocycles. The number of aromatic nitrogens is 3. The van der Waals surface area contributed by atoms with Crippen LogP contribution in [0.4, 0.5) is 11.9 Å². The molecule has 19 heavy (non-hydrogen) atoms. The van der Waals surface area contributed by atoms with E-state index in [1.165, 1.54) is 5.56 Å². The third-order valence-corrected chi connectivity index (χ3v) is 2.88. The van der Waals surface area contributed by atoms with Gasteiger partial charge >= 0.3 is 0 Å². The van der Waals surface area contributed by atoms with Gasteiger partial charge in [0.2, 0.25) is 17.2 Å². The summed E-state index contributed by atoms with van der Waals surface area (Å²) in [6.45, 7) is 2.07. The van der Waals surface area contributed by atoms with Gasteiger partial charge < -0.3 is 11.1 Å². The van der Waals surface area contributed by atoms with Gasteiger partial charge in [-0.1, -0.05) is 30.3 Å². The molecule has 0 amide bonds. The van der Waals surface area contributed by atoms with E-state index in [0.29, 0.717) is 5.95 Å². The molecular weight excluding hydrogens is 262 g/mol. The van der Waals surface area contributed by atoms with Crippen LogP contribution in [0.3, 0.4) is 0 Å². The molecule has 0 fully saturated rings. The van der Waals surface area contributed by atoms with Gasteiger partial charge in [0.25, 0.3) is 0 Å². The second kappa shape index (κ2) is 6.33. The van der Waals surface area contributed by atoms with E-state index in [-0.39, 0.29) is 17.3 Å². The second-order valence-electron chi connectivity index (χ2n) is 4.36. The number of nitrogen functional groups attached to an aromatic ring is 1. The van der Waals surface area contributed by atoms with E-state index >= 15 is 0 Å². The van der Waals surface area contributed by atoms with Crippen LogP contribution in [0.15, 0.2) is 30.3 Å². The van der Waals surface area contributed by atoms with Crippen molar-refractivity contribution in [1.82, 2.24) is 15.0 Å². The highest BCUT2D eigenvalue weighted by atomic mass is 35.5. The smallest absolute Gasteiger partial charge is 0.229 e. The summed E-state index contributed by atoms with van der Waals surface area (Å²) in [6.07, 6.45) is 1.95. The first-order chi connectivity index (χ1) is 9.13. The van der Waals surface area contributed by atoms with Crippen LogP contribution in [0.1, 0.15) is 18.9 Å². The van der Waals surface area contributed by atoms with Crippen LogP contribution < -0.4 is 11.1 Å². The molecule has 0 aliphatic heterocycles. The molecule has 1 heterocycles. The number of anilines is 2. The number of benzene rings is 1. The molecule has 1 atom stereocenters. The Kier molecular flexibility index (Phi) is 4.52. The zero-order valence-corrected chi connectivity index (χ0v) is 11.4. The Morgan fingerprint density at radius 1 is 1.21 bits per heavy atom. The van der Waals surface area contributed by atoms with Crippen molar-refractivity contribution in [2.75, 3.05) is 11.1 Å². The molecule has 0 aliphatic rings. The standard InChI is InChI=1S/C13H16ClN5/c1-9(7-8-10-5-3-2-4-6-10)16-13-18-11(14)17-12(15)19-13/h2-6,9H,7-8H2,1H3,(H3,15,16,17,18,19)/t9-/m1/s1. The molecule has 0 spiro atoms. The van der Waals surface area contributed by atoms with E-state index in [1.807, 2.05) is 18.2 Å². The largest absolute Gasteiger partial charge is 0.368 e. The summed E-state index contributed by atoms with van der Waals surface area (Å²) in [4.78, 5) is 11.7. The highest BCUT2D eigenvalue weighted by Crippen LogP contribution is 2.11. The fraction of sp³-hybridized carbons (Fsp3) is 0.308. The highest BCUT2D eigenvalue weighted by molar-refractivity contribution is 6.28. The van der Waals surface area contributed by atoms with Gasteiger partial charge in [-0.05, 0) is 36.9 Å². The maximum Gasteiger partial charge on any atom is 0.229 e. The molecule has 0 radical (unpaired) electrons. The van der Waals surface area contributed by atoms with Crippen molar-refractivity contribution in [2.45, 2.75) is 25.8 Å². The van der Waals surface area contributed by atoms with E-state index in [0.717, 1.165) is 12.8 Å². The Labute approximate surface area is 117 Å². The van der Waals surface area contributed by atoms with Crippen molar-refractivity contribution in [3.05, 3.63) is 41.2 Å². The predicted octanol–water partition coefficient (Wildman–Crippen LogP) is 2.54. The van der Waals surface area contributed by atoms with Crippen LogP contribution in [0, 0.1) is 0 Å². The van der Waals surface area contributed by atoms with Crippen LogP contribution in [0.25, 0.3) is 0 Å². The second-order valence-corrected chi connectivity index (χ2v) is 4.69. The number of aryl methyl sites for hydroxylation is 1. The first-order valence-electron chi connectivity index (χ1n) is 6.11. The molecule has 0 bridgehead atoms. The summed E-state index contributed by atoms with van der Waals surface area (Å²) in [5.41, 5.74) is 6.82. The number of halogens is 1. The van der Waals surface area contributed by atoms with Gasteiger partial charge in [0.15, 0.2) is 0 Å². The SMILES string of the molecule is C[C@H](CCc1ccccc1)Nc1nc(N)nc(Cl)n1. The average Bonchev–Trinajstić information content (AvgIpc) is 2.36. The minimum atomic E-state index is 0.102. The quantitative estimate of drug-likeness (QED) is 0.878. The third kappa shape index (κ3) is 4.37. The van der Waals surface area contributed by atoms with Gasteiger partial charge in [-0.2, -0.15) is 15.0 Å². The van der Waals surface area contributed by atoms with E-state index in [4.69, 9.17) is 17.3 Å². The lowest BCUT2D eigenvalue weighted by Gasteiger charge is -2.13. The van der Waals surface area contributed by atoms with E-state index in [2.05, 4.69) is 39.3 Å². The summed E-state index contributed by atoms with van der Waals surface area (Å²) in [5, 5.41) is 3.27. The zero-order valence-electron chi connectivity index (χ0n) is 10.7. The summed E-state index contributed by atoms with van der Waals surface area (Å²) >= 11 is 5.72. The first-order valence-corrected chi connectivity index (χ1v) is 6.49. The van der Waals surface area contributed by atoms with E-state index in [1.54, 1.807) is 0 Å². The van der Waals surface area contributed by atoms with Crippen molar-refractivity contribution < 1.29 is 0 Å². The Hall–Kier alpha value is -1.88. The summed E-state index contributed by atoms with van der Waals surface area (Å²) < 4.78 is 0. The predicted molar refractivity (Wildman–Crippen MR) is 77.1 cm³/mol. The molecule has 1 aromatic carbocycles. The van der Waals surface area contributed by atoms with Crippen LogP contribution >= 0.6 is 11.6 Å². The topological polar surface area (TPSA) is 76.7 Å². The Morgan fingerprint density at radius 3 is 2.63 bits per heavy atom. The number of nitrogens with zero attached hydrogens (tertiary/aromatic N) is 3. The minimum absolute atomic E-state index is 0.102. The lowest BCUT2D eigenvalue weighted by atomic mass is 10.1. The van der Waals surface area contributed by atoms with Crippen molar-refractivity contribution >= 4 is 23.5 Å². The number of rotatable bonds is 5. The van der Waals surface area contributed by atoms with Crippen molar-refractivity contribution in [3.8, 4) is 0 Å². The van der Waals surface area contributed by atoms with Crippen molar-refractivity contribution in [2.24, 2.45) is 0 Å². The van der Waals surface area contributed by atoms with Gasteiger partial charge in [0, 0.05) is 6.04 Å². The zero-order chi connectivity index (χ0) is 13.7. The molecule has 5 nitrogen and oxygen atoms in total. The lowest BCUT2D eigenvalue weighted by Crippen LogP contribution is -2.18. The minimum Gasteiger partial charge on any atom is -0.368 e. The van der Waals surface area contributed by atoms with Crippen LogP contribution in [0.2, 0.25) is 5.28 Å². The van der Waals surface area contributed by atoms with Crippen molar-refractivity contribution in [3.63, 3.8) is 0 Å². The van der Waals surface area contributed by atoms with Gasteiger partial charge in [-0.15, -0.1) is 0 Å². The van der Waals surface area contributed by atoms with E-state index < -0.39 is 0 Å². The van der Waals surface area contributed by atoms with E-state index in [9.17, 15) is 0 Å². The third-order valence-electron chi connectivity index (χ3n) is 2.71. The normalized spacial score (nSPS) is 12.1. The fourth-order valence-electron chi connectivity index (χ4n) is 1.75. The monoisotopic (exact) mass is 277 g/mol. The molecule has 6 heteroatoms. The Bertz CT molecular complexity index is 512. The number of hydrogen-bond acceptors (Lipinski definition) is 5. The van der Waals surface area contributed by atoms with Crippen LogP contribution in [-0.2, 0) is 6.42 Å². The molecule has 1 aromatic heterocycles. The lowest BCUT2D eigenvalue weighted by molar-refractivity contribution is 0.698. The molecule has 2 aromatic rings. The highest BCUT2D eigenvalue weighted by Gasteiger charge is 2.07. The summed E-state index contributed by atoms with van der Waals surface area (Å²) in [7, 11) is 0. The van der Waals surface area contributed by atoms with Gasteiger partial charge in [0.1, 0.15) is 0 Å². The van der Waals surface area contributed by atoms with Gasteiger partial charge in [0.05, 0.1) is 0 Å². The maximum atomic E-state index is 5.72. The Morgan fingerprint density at radius 2 is 1.95 bits per heavy atom. The van der Waals surface area contributed by atoms with Crippen LogP contribution in [0.5, 0.6) is 0 Å². The van der Waals surface area contributed by atoms with Crippen LogP contribution in [-0.4, -0.2) is 21.0 Å². The maximum absolute atomic E-state index is 5.72. The Balaban J connectivity index is 1.89. The first kappa shape index (κ1) is 13.5. The molecule has 2 rings (SSSR count). The molecular formula is C13H16ClN5. The summed E-state index contributed by atoms with van der Waals surface area (Å²) in [6, 6.07) is 10.5. The number of hydrogen-bond donors (Lipinski definition) is 2. The molecule has 3 N–H and O–H groups in total. The molecule has 100 valence electrons. The fourth-order valence-corrected chi connectivity index (χ4v) is 1.92.